The smallest absolute Gasteiger partial charge is 0.417 e. The second-order valence-electron chi connectivity index (χ2n) is 8.49. The van der Waals surface area contributed by atoms with Crippen molar-refractivity contribution in [3.8, 4) is 11.1 Å². The van der Waals surface area contributed by atoms with E-state index < -0.39 is 12.0 Å². The Morgan fingerprint density at radius 3 is 2.62 bits per heavy atom. The molecule has 5 nitrogen and oxygen atoms in total. The molecular formula is C28H23FN2O3. The van der Waals surface area contributed by atoms with E-state index in [0.717, 1.165) is 27.6 Å². The molecule has 1 unspecified atom stereocenters. The lowest BCUT2D eigenvalue weighted by Crippen LogP contribution is -2.42. The number of amides is 2. The second-order valence-corrected chi connectivity index (χ2v) is 8.49. The summed E-state index contributed by atoms with van der Waals surface area (Å²) < 4.78 is 19.0. The van der Waals surface area contributed by atoms with Crippen molar-refractivity contribution < 1.29 is 18.7 Å². The fourth-order valence-corrected chi connectivity index (χ4v) is 4.44. The normalized spacial score (nSPS) is 16.5. The standard InChI is InChI=1S/C28H23FN2O3/c1-18(27(32)31-23(17-34-28(31)33)15-19-5-3-2-4-6-19)20-7-9-21(10-8-20)24-13-14-30-26-12-11-22(29)16-25(24)26/h2-14,16,18,23H,15,17H2,1H3/t18?,23-/m1/s1. The van der Waals surface area contributed by atoms with E-state index in [-0.39, 0.29) is 24.4 Å². The van der Waals surface area contributed by atoms with E-state index >= 15 is 0 Å². The maximum Gasteiger partial charge on any atom is 0.417 e. The number of rotatable bonds is 5. The quantitative estimate of drug-likeness (QED) is 0.386. The van der Waals surface area contributed by atoms with Gasteiger partial charge in [0.25, 0.3) is 0 Å². The molecule has 170 valence electrons. The molecule has 2 amide bonds. The lowest BCUT2D eigenvalue weighted by molar-refractivity contribution is -0.130. The molecule has 2 atom stereocenters. The van der Waals surface area contributed by atoms with Gasteiger partial charge in [-0.05, 0) is 59.9 Å². The monoisotopic (exact) mass is 454 g/mol. The van der Waals surface area contributed by atoms with Gasteiger partial charge in [0.15, 0.2) is 0 Å². The number of pyridine rings is 1. The first kappa shape index (κ1) is 21.8. The highest BCUT2D eigenvalue weighted by molar-refractivity contribution is 5.97. The minimum Gasteiger partial charge on any atom is -0.447 e. The maximum absolute atomic E-state index is 13.8. The molecule has 2 heterocycles. The van der Waals surface area contributed by atoms with Crippen molar-refractivity contribution in [3.63, 3.8) is 0 Å². The average molecular weight is 455 g/mol. The molecule has 4 aromatic rings. The van der Waals surface area contributed by atoms with E-state index in [1.807, 2.05) is 60.7 Å². The number of hydrogen-bond acceptors (Lipinski definition) is 4. The minimum absolute atomic E-state index is 0.191. The number of halogens is 1. The van der Waals surface area contributed by atoms with Crippen LogP contribution < -0.4 is 0 Å². The molecule has 3 aromatic carbocycles. The van der Waals surface area contributed by atoms with Crippen LogP contribution in [0.15, 0.2) is 85.1 Å². The summed E-state index contributed by atoms with van der Waals surface area (Å²) in [6.45, 7) is 1.98. The third kappa shape index (κ3) is 4.15. The van der Waals surface area contributed by atoms with Crippen LogP contribution in [0.2, 0.25) is 0 Å². The van der Waals surface area contributed by atoms with Gasteiger partial charge in [0.05, 0.1) is 17.5 Å². The molecule has 1 aliphatic heterocycles. The maximum atomic E-state index is 13.8. The van der Waals surface area contributed by atoms with Crippen molar-refractivity contribution in [1.29, 1.82) is 0 Å². The zero-order valence-electron chi connectivity index (χ0n) is 18.6. The molecule has 6 heteroatoms. The Kier molecular flexibility index (Phi) is 5.80. The van der Waals surface area contributed by atoms with Gasteiger partial charge in [-0.25, -0.2) is 14.1 Å². The van der Waals surface area contributed by atoms with Crippen LogP contribution in [0.3, 0.4) is 0 Å². The zero-order chi connectivity index (χ0) is 23.7. The number of cyclic esters (lactones) is 1. The molecule has 1 aliphatic rings. The van der Waals surface area contributed by atoms with Gasteiger partial charge in [0.1, 0.15) is 12.4 Å². The Balaban J connectivity index is 1.38. The number of aromatic nitrogens is 1. The number of carbonyl (C=O) groups excluding carboxylic acids is 2. The predicted octanol–water partition coefficient (Wildman–Crippen LogP) is 5.73. The highest BCUT2D eigenvalue weighted by Gasteiger charge is 2.40. The van der Waals surface area contributed by atoms with Gasteiger partial charge in [-0.1, -0.05) is 54.6 Å². The molecular weight excluding hydrogens is 431 g/mol. The summed E-state index contributed by atoms with van der Waals surface area (Å²) in [6, 6.07) is 23.3. The molecule has 34 heavy (non-hydrogen) atoms. The predicted molar refractivity (Wildman–Crippen MR) is 128 cm³/mol. The molecule has 1 saturated heterocycles. The van der Waals surface area contributed by atoms with Crippen LogP contribution in [0.4, 0.5) is 9.18 Å². The van der Waals surface area contributed by atoms with Crippen LogP contribution in [-0.4, -0.2) is 34.5 Å². The topological polar surface area (TPSA) is 59.5 Å². The number of fused-ring (bicyclic) bond motifs is 1. The summed E-state index contributed by atoms with van der Waals surface area (Å²) in [5, 5.41) is 0.725. The first-order valence-electron chi connectivity index (χ1n) is 11.2. The molecule has 0 N–H and O–H groups in total. The second kappa shape index (κ2) is 9.06. The van der Waals surface area contributed by atoms with E-state index in [1.165, 1.54) is 17.0 Å². The molecule has 5 rings (SSSR count). The summed E-state index contributed by atoms with van der Waals surface area (Å²) in [5.74, 6) is -1.13. The molecule has 0 bridgehead atoms. The first-order chi connectivity index (χ1) is 16.5. The van der Waals surface area contributed by atoms with Crippen molar-refractivity contribution >= 4 is 22.9 Å². The number of hydrogen-bond donors (Lipinski definition) is 0. The Labute approximate surface area is 196 Å². The van der Waals surface area contributed by atoms with Crippen molar-refractivity contribution in [2.75, 3.05) is 6.61 Å². The van der Waals surface area contributed by atoms with Gasteiger partial charge >= 0.3 is 6.09 Å². The fraction of sp³-hybridized carbons (Fsp3) is 0.179. The SMILES string of the molecule is CC(C(=O)N1C(=O)OC[C@H]1Cc1ccccc1)c1ccc(-c2ccnc3ccc(F)cc23)cc1. The average Bonchev–Trinajstić information content (AvgIpc) is 3.23. The Morgan fingerprint density at radius 1 is 1.09 bits per heavy atom. The third-order valence-electron chi connectivity index (χ3n) is 6.31. The lowest BCUT2D eigenvalue weighted by Gasteiger charge is -2.23. The summed E-state index contributed by atoms with van der Waals surface area (Å²) in [7, 11) is 0. The van der Waals surface area contributed by atoms with Crippen molar-refractivity contribution in [2.45, 2.75) is 25.3 Å². The summed E-state index contributed by atoms with van der Waals surface area (Å²) in [6.07, 6.45) is 1.65. The Morgan fingerprint density at radius 2 is 1.85 bits per heavy atom. The van der Waals surface area contributed by atoms with Gasteiger partial charge in [0.2, 0.25) is 5.91 Å². The fourth-order valence-electron chi connectivity index (χ4n) is 4.44. The third-order valence-corrected chi connectivity index (χ3v) is 6.31. The molecule has 0 aliphatic carbocycles. The Bertz CT molecular complexity index is 1360. The van der Waals surface area contributed by atoms with Crippen LogP contribution >= 0.6 is 0 Å². The van der Waals surface area contributed by atoms with E-state index in [1.54, 1.807) is 19.2 Å². The molecule has 1 aromatic heterocycles. The highest BCUT2D eigenvalue weighted by atomic mass is 19.1. The summed E-state index contributed by atoms with van der Waals surface area (Å²) in [4.78, 5) is 31.2. The minimum atomic E-state index is -0.598. The van der Waals surface area contributed by atoms with Gasteiger partial charge in [-0.3, -0.25) is 9.78 Å². The van der Waals surface area contributed by atoms with Crippen molar-refractivity contribution in [3.05, 3.63) is 102 Å². The van der Waals surface area contributed by atoms with E-state index in [9.17, 15) is 14.0 Å². The number of carbonyl (C=O) groups is 2. The van der Waals surface area contributed by atoms with E-state index in [0.29, 0.717) is 11.9 Å². The van der Waals surface area contributed by atoms with Crippen molar-refractivity contribution in [2.24, 2.45) is 0 Å². The molecule has 0 radical (unpaired) electrons. The van der Waals surface area contributed by atoms with Crippen molar-refractivity contribution in [1.82, 2.24) is 9.88 Å². The van der Waals surface area contributed by atoms with Gasteiger partial charge in [-0.2, -0.15) is 0 Å². The Hall–Kier alpha value is -4.06. The van der Waals surface area contributed by atoms with E-state index in [4.69, 9.17) is 4.74 Å². The zero-order valence-corrected chi connectivity index (χ0v) is 18.6. The number of imide groups is 1. The largest absolute Gasteiger partial charge is 0.447 e. The van der Waals surface area contributed by atoms with E-state index in [2.05, 4.69) is 4.98 Å². The first-order valence-corrected chi connectivity index (χ1v) is 11.2. The number of benzene rings is 3. The summed E-state index contributed by atoms with van der Waals surface area (Å²) in [5.41, 5.74) is 4.30. The molecule has 1 fully saturated rings. The lowest BCUT2D eigenvalue weighted by atomic mass is 9.94. The highest BCUT2D eigenvalue weighted by Crippen LogP contribution is 2.30. The van der Waals surface area contributed by atoms with Crippen LogP contribution in [-0.2, 0) is 16.0 Å². The van der Waals surface area contributed by atoms with Gasteiger partial charge < -0.3 is 4.74 Å². The van der Waals surface area contributed by atoms with Crippen LogP contribution in [0, 0.1) is 5.82 Å². The molecule has 0 spiro atoms. The van der Waals surface area contributed by atoms with Gasteiger partial charge in [0, 0.05) is 11.6 Å². The van der Waals surface area contributed by atoms with Gasteiger partial charge in [-0.15, -0.1) is 0 Å². The van der Waals surface area contributed by atoms with Crippen LogP contribution in [0.5, 0.6) is 0 Å². The number of ether oxygens (including phenoxy) is 1. The van der Waals surface area contributed by atoms with Crippen LogP contribution in [0.25, 0.3) is 22.0 Å². The number of nitrogens with zero attached hydrogens (tertiary/aromatic N) is 2. The molecule has 0 saturated carbocycles. The summed E-state index contributed by atoms with van der Waals surface area (Å²) >= 11 is 0. The van der Waals surface area contributed by atoms with Crippen LogP contribution in [0.1, 0.15) is 24.0 Å².